The minimum Gasteiger partial charge on any atom is -0.342 e. The van der Waals surface area contributed by atoms with Crippen molar-refractivity contribution >= 4 is 17.7 Å². The first-order valence-electron chi connectivity index (χ1n) is 9.19. The van der Waals surface area contributed by atoms with E-state index in [1.165, 1.54) is 36.8 Å². The number of hydrogen-bond donors (Lipinski definition) is 0. The third-order valence-electron chi connectivity index (χ3n) is 5.47. The van der Waals surface area contributed by atoms with Gasteiger partial charge in [0.25, 0.3) is 0 Å². The fraction of sp³-hybridized carbons (Fsp3) is 0.650. The first-order chi connectivity index (χ1) is 11.2. The second-order valence-electron chi connectivity index (χ2n) is 7.07. The van der Waals surface area contributed by atoms with Crippen LogP contribution in [0.3, 0.4) is 0 Å². The standard InChI is InChI=1S/C20H29NOS/c1-16-6-2-5-9-18(16)19-12-13-21(14-15-23-19)20(22)11-10-17-7-3-4-8-17/h2,5-6,9,17,19H,3-4,7-8,10-15H2,1H3. The molecule has 1 amide bonds. The summed E-state index contributed by atoms with van der Waals surface area (Å²) in [7, 11) is 0. The zero-order valence-corrected chi connectivity index (χ0v) is 15.1. The van der Waals surface area contributed by atoms with Gasteiger partial charge in [-0.2, -0.15) is 11.8 Å². The molecule has 1 atom stereocenters. The smallest absolute Gasteiger partial charge is 0.222 e. The van der Waals surface area contributed by atoms with Gasteiger partial charge >= 0.3 is 0 Å². The molecule has 3 rings (SSSR count). The average molecular weight is 332 g/mol. The Morgan fingerprint density at radius 2 is 1.96 bits per heavy atom. The molecule has 23 heavy (non-hydrogen) atoms. The van der Waals surface area contributed by atoms with Gasteiger partial charge in [-0.25, -0.2) is 0 Å². The van der Waals surface area contributed by atoms with Crippen LogP contribution in [0.15, 0.2) is 24.3 Å². The van der Waals surface area contributed by atoms with Gasteiger partial charge in [-0.15, -0.1) is 0 Å². The van der Waals surface area contributed by atoms with Gasteiger partial charge in [0.1, 0.15) is 0 Å². The van der Waals surface area contributed by atoms with Crippen LogP contribution in [0.4, 0.5) is 0 Å². The molecule has 0 spiro atoms. The van der Waals surface area contributed by atoms with E-state index >= 15 is 0 Å². The molecule has 2 nitrogen and oxygen atoms in total. The monoisotopic (exact) mass is 331 g/mol. The van der Waals surface area contributed by atoms with Crippen LogP contribution >= 0.6 is 11.8 Å². The summed E-state index contributed by atoms with van der Waals surface area (Å²) in [6.07, 6.45) is 8.41. The highest BCUT2D eigenvalue weighted by Crippen LogP contribution is 2.36. The van der Waals surface area contributed by atoms with E-state index in [0.29, 0.717) is 11.2 Å². The minimum absolute atomic E-state index is 0.392. The summed E-state index contributed by atoms with van der Waals surface area (Å²) in [5, 5.41) is 0.545. The van der Waals surface area contributed by atoms with E-state index in [1.807, 2.05) is 11.8 Å². The van der Waals surface area contributed by atoms with Crippen molar-refractivity contribution in [1.82, 2.24) is 4.90 Å². The Balaban J connectivity index is 1.51. The summed E-state index contributed by atoms with van der Waals surface area (Å²) in [5.41, 5.74) is 2.84. The van der Waals surface area contributed by atoms with Crippen molar-refractivity contribution in [3.05, 3.63) is 35.4 Å². The van der Waals surface area contributed by atoms with Crippen molar-refractivity contribution in [1.29, 1.82) is 0 Å². The number of aryl methyl sites for hydroxylation is 1. The lowest BCUT2D eigenvalue weighted by molar-refractivity contribution is -0.131. The van der Waals surface area contributed by atoms with Gasteiger partial charge in [0.2, 0.25) is 5.91 Å². The van der Waals surface area contributed by atoms with E-state index in [-0.39, 0.29) is 0 Å². The molecule has 1 saturated heterocycles. The zero-order valence-electron chi connectivity index (χ0n) is 14.3. The van der Waals surface area contributed by atoms with E-state index in [0.717, 1.165) is 44.0 Å². The Hall–Kier alpha value is -0.960. The molecule has 0 radical (unpaired) electrons. The van der Waals surface area contributed by atoms with Crippen molar-refractivity contribution in [3.8, 4) is 0 Å². The van der Waals surface area contributed by atoms with Crippen LogP contribution in [0.5, 0.6) is 0 Å². The predicted octanol–water partition coefficient (Wildman–Crippen LogP) is 4.97. The highest BCUT2D eigenvalue weighted by atomic mass is 32.2. The first kappa shape index (κ1) is 16.9. The molecular formula is C20H29NOS. The molecule has 3 heteroatoms. The van der Waals surface area contributed by atoms with Crippen molar-refractivity contribution < 1.29 is 4.79 Å². The molecule has 1 aliphatic carbocycles. The topological polar surface area (TPSA) is 20.3 Å². The molecule has 2 fully saturated rings. The lowest BCUT2D eigenvalue weighted by Gasteiger charge is -2.21. The van der Waals surface area contributed by atoms with Crippen molar-refractivity contribution in [2.24, 2.45) is 5.92 Å². The van der Waals surface area contributed by atoms with E-state index in [9.17, 15) is 4.79 Å². The summed E-state index contributed by atoms with van der Waals surface area (Å²) in [4.78, 5) is 14.7. The SMILES string of the molecule is Cc1ccccc1C1CCN(C(=O)CCC2CCCC2)CCS1. The molecule has 0 N–H and O–H groups in total. The number of carbonyl (C=O) groups is 1. The number of amides is 1. The summed E-state index contributed by atoms with van der Waals surface area (Å²) >= 11 is 2.02. The number of hydrogen-bond acceptors (Lipinski definition) is 2. The van der Waals surface area contributed by atoms with Gasteiger partial charge < -0.3 is 4.90 Å². The Morgan fingerprint density at radius 3 is 2.74 bits per heavy atom. The maximum Gasteiger partial charge on any atom is 0.222 e. The molecule has 1 aromatic rings. The number of nitrogens with zero attached hydrogens (tertiary/aromatic N) is 1. The van der Waals surface area contributed by atoms with Crippen molar-refractivity contribution in [3.63, 3.8) is 0 Å². The third-order valence-corrected chi connectivity index (χ3v) is 6.78. The fourth-order valence-corrected chi connectivity index (χ4v) is 5.33. The molecule has 1 aliphatic heterocycles. The average Bonchev–Trinajstić information content (AvgIpc) is 2.96. The van der Waals surface area contributed by atoms with E-state index in [4.69, 9.17) is 0 Å². The van der Waals surface area contributed by atoms with Crippen LogP contribution in [0.1, 0.15) is 61.3 Å². The Morgan fingerprint density at radius 1 is 1.17 bits per heavy atom. The van der Waals surface area contributed by atoms with Crippen LogP contribution in [-0.4, -0.2) is 29.6 Å². The highest BCUT2D eigenvalue weighted by Gasteiger charge is 2.24. The maximum atomic E-state index is 12.5. The minimum atomic E-state index is 0.392. The Bertz CT molecular complexity index is 524. The second-order valence-corrected chi connectivity index (χ2v) is 8.39. The maximum absolute atomic E-state index is 12.5. The van der Waals surface area contributed by atoms with Crippen molar-refractivity contribution in [2.75, 3.05) is 18.8 Å². The molecule has 1 aromatic carbocycles. The van der Waals surface area contributed by atoms with Crippen LogP contribution < -0.4 is 0 Å². The molecule has 2 aliphatic rings. The number of thioether (sulfide) groups is 1. The largest absolute Gasteiger partial charge is 0.342 e. The van der Waals surface area contributed by atoms with Crippen molar-refractivity contribution in [2.45, 2.75) is 57.1 Å². The summed E-state index contributed by atoms with van der Waals surface area (Å²) < 4.78 is 0. The molecule has 1 saturated carbocycles. The number of rotatable bonds is 4. The molecule has 0 aromatic heterocycles. The summed E-state index contributed by atoms with van der Waals surface area (Å²) in [6.45, 7) is 4.05. The fourth-order valence-electron chi connectivity index (χ4n) is 4.00. The third kappa shape index (κ3) is 4.53. The quantitative estimate of drug-likeness (QED) is 0.776. The van der Waals surface area contributed by atoms with Crippen LogP contribution in [-0.2, 0) is 4.79 Å². The molecule has 1 unspecified atom stereocenters. The lowest BCUT2D eigenvalue weighted by atomic mass is 10.0. The van der Waals surface area contributed by atoms with Gasteiger partial charge in [-0.05, 0) is 36.8 Å². The van der Waals surface area contributed by atoms with Gasteiger partial charge in [-0.3, -0.25) is 4.79 Å². The van der Waals surface area contributed by atoms with Crippen LogP contribution in [0.2, 0.25) is 0 Å². The van der Waals surface area contributed by atoms with Gasteiger partial charge in [0, 0.05) is 30.5 Å². The van der Waals surface area contributed by atoms with E-state index in [2.05, 4.69) is 36.1 Å². The number of benzene rings is 1. The van der Waals surface area contributed by atoms with Gasteiger partial charge in [0.05, 0.1) is 0 Å². The predicted molar refractivity (Wildman–Crippen MR) is 98.8 cm³/mol. The molecule has 0 bridgehead atoms. The highest BCUT2D eigenvalue weighted by molar-refractivity contribution is 7.99. The molecular weight excluding hydrogens is 302 g/mol. The van der Waals surface area contributed by atoms with Crippen LogP contribution in [0.25, 0.3) is 0 Å². The summed E-state index contributed by atoms with van der Waals surface area (Å²) in [5.74, 6) is 2.27. The number of carbonyl (C=O) groups excluding carboxylic acids is 1. The first-order valence-corrected chi connectivity index (χ1v) is 10.2. The summed E-state index contributed by atoms with van der Waals surface area (Å²) in [6, 6.07) is 8.70. The molecule has 126 valence electrons. The van der Waals surface area contributed by atoms with Crippen LogP contribution in [0, 0.1) is 12.8 Å². The van der Waals surface area contributed by atoms with Gasteiger partial charge in [-0.1, -0.05) is 49.9 Å². The zero-order chi connectivity index (χ0) is 16.1. The van der Waals surface area contributed by atoms with E-state index in [1.54, 1.807) is 0 Å². The Kier molecular flexibility index (Phi) is 6.04. The lowest BCUT2D eigenvalue weighted by Crippen LogP contribution is -2.33. The second kappa shape index (κ2) is 8.23. The van der Waals surface area contributed by atoms with E-state index < -0.39 is 0 Å². The normalized spacial score (nSPS) is 23.0. The Labute approximate surface area is 145 Å². The van der Waals surface area contributed by atoms with Gasteiger partial charge in [0.15, 0.2) is 0 Å². The molecule has 1 heterocycles.